The lowest BCUT2D eigenvalue weighted by Gasteiger charge is -2.07. The third kappa shape index (κ3) is 3.01. The highest BCUT2D eigenvalue weighted by atomic mass is 79.9. The number of carbonyl (C=O) groups is 1. The second kappa shape index (κ2) is 5.61. The van der Waals surface area contributed by atoms with E-state index >= 15 is 0 Å². The summed E-state index contributed by atoms with van der Waals surface area (Å²) in [5.74, 6) is -0.971. The summed E-state index contributed by atoms with van der Waals surface area (Å²) in [7, 11) is 0. The molecule has 0 atom stereocenters. The third-order valence-corrected chi connectivity index (χ3v) is 3.00. The molecule has 5 heteroatoms. The Morgan fingerprint density at radius 2 is 2.20 bits per heavy atom. The minimum atomic E-state index is -0.502. The van der Waals surface area contributed by atoms with Crippen LogP contribution >= 0.6 is 31.9 Å². The molecule has 1 aromatic carbocycles. The smallest absolute Gasteiger partial charge is 0.338 e. The van der Waals surface area contributed by atoms with Crippen molar-refractivity contribution in [1.82, 2.24) is 0 Å². The summed E-state index contributed by atoms with van der Waals surface area (Å²) in [6.07, 6.45) is 0. The third-order valence-electron chi connectivity index (χ3n) is 1.79. The Morgan fingerprint density at radius 1 is 1.53 bits per heavy atom. The minimum absolute atomic E-state index is 0.259. The van der Waals surface area contributed by atoms with Gasteiger partial charge in [-0.25, -0.2) is 9.18 Å². The second-order valence-electron chi connectivity index (χ2n) is 2.78. The van der Waals surface area contributed by atoms with E-state index in [1.165, 1.54) is 6.07 Å². The lowest BCUT2D eigenvalue weighted by molar-refractivity contribution is 0.0525. The van der Waals surface area contributed by atoms with Gasteiger partial charge in [0.25, 0.3) is 0 Å². The predicted molar refractivity (Wildman–Crippen MR) is 62.7 cm³/mol. The largest absolute Gasteiger partial charge is 0.462 e. The summed E-state index contributed by atoms with van der Waals surface area (Å²) < 4.78 is 18.4. The van der Waals surface area contributed by atoms with Gasteiger partial charge in [-0.3, -0.25) is 0 Å². The van der Waals surface area contributed by atoms with E-state index in [1.54, 1.807) is 13.0 Å². The molecule has 15 heavy (non-hydrogen) atoms. The quantitative estimate of drug-likeness (QED) is 0.620. The molecule has 0 radical (unpaired) electrons. The Hall–Kier alpha value is -0.420. The molecule has 0 heterocycles. The van der Waals surface area contributed by atoms with Gasteiger partial charge in [-0.05, 0) is 40.5 Å². The maximum Gasteiger partial charge on any atom is 0.338 e. The normalized spacial score (nSPS) is 10.1. The fourth-order valence-electron chi connectivity index (χ4n) is 1.10. The molecule has 0 spiro atoms. The molecule has 0 N–H and O–H groups in total. The van der Waals surface area contributed by atoms with Crippen molar-refractivity contribution in [3.63, 3.8) is 0 Å². The maximum atomic E-state index is 13.2. The van der Waals surface area contributed by atoms with Gasteiger partial charge in [0.2, 0.25) is 0 Å². The first kappa shape index (κ1) is 12.6. The number of rotatable bonds is 3. The average molecular weight is 340 g/mol. The van der Waals surface area contributed by atoms with Crippen molar-refractivity contribution in [3.05, 3.63) is 33.5 Å². The molecule has 0 aliphatic carbocycles. The van der Waals surface area contributed by atoms with Crippen LogP contribution in [0.2, 0.25) is 0 Å². The standard InChI is InChI=1S/C10H9Br2FO2/c1-2-15-10(14)7-4-9(13)8(12)3-6(7)5-11/h3-4H,2,5H2,1H3. The topological polar surface area (TPSA) is 26.3 Å². The van der Waals surface area contributed by atoms with Gasteiger partial charge in [0, 0.05) is 5.33 Å². The van der Waals surface area contributed by atoms with E-state index in [9.17, 15) is 9.18 Å². The summed E-state index contributed by atoms with van der Waals surface area (Å²) in [6, 6.07) is 2.75. The number of hydrogen-bond acceptors (Lipinski definition) is 2. The van der Waals surface area contributed by atoms with Crippen molar-refractivity contribution in [1.29, 1.82) is 0 Å². The Bertz CT molecular complexity index is 380. The molecule has 0 saturated carbocycles. The van der Waals surface area contributed by atoms with Crippen molar-refractivity contribution in [2.75, 3.05) is 6.61 Å². The molecule has 2 nitrogen and oxygen atoms in total. The Labute approximate surface area is 104 Å². The second-order valence-corrected chi connectivity index (χ2v) is 4.19. The van der Waals surface area contributed by atoms with Crippen molar-refractivity contribution < 1.29 is 13.9 Å². The Morgan fingerprint density at radius 3 is 2.73 bits per heavy atom. The van der Waals surface area contributed by atoms with E-state index in [2.05, 4.69) is 31.9 Å². The van der Waals surface area contributed by atoms with Crippen LogP contribution in [-0.4, -0.2) is 12.6 Å². The van der Waals surface area contributed by atoms with E-state index in [1.807, 2.05) is 0 Å². The molecular weight excluding hydrogens is 331 g/mol. The summed E-state index contributed by atoms with van der Waals surface area (Å²) in [4.78, 5) is 11.5. The van der Waals surface area contributed by atoms with E-state index in [0.717, 1.165) is 0 Å². The van der Waals surface area contributed by atoms with Gasteiger partial charge >= 0.3 is 5.97 Å². The van der Waals surface area contributed by atoms with Crippen LogP contribution in [0, 0.1) is 5.82 Å². The van der Waals surface area contributed by atoms with E-state index < -0.39 is 11.8 Å². The highest BCUT2D eigenvalue weighted by molar-refractivity contribution is 9.10. The van der Waals surface area contributed by atoms with Gasteiger partial charge in [0.05, 0.1) is 16.6 Å². The Balaban J connectivity index is 3.15. The first-order valence-corrected chi connectivity index (χ1v) is 6.22. The SMILES string of the molecule is CCOC(=O)c1cc(F)c(Br)cc1CBr. The molecule has 0 bridgehead atoms. The van der Waals surface area contributed by atoms with Gasteiger partial charge in [0.1, 0.15) is 5.82 Å². The molecule has 0 fully saturated rings. The highest BCUT2D eigenvalue weighted by Gasteiger charge is 2.15. The Kier molecular flexibility index (Phi) is 4.73. The summed E-state index contributed by atoms with van der Waals surface area (Å²) in [5, 5.41) is 0.472. The molecule has 0 aromatic heterocycles. The molecule has 1 rings (SSSR count). The molecule has 0 unspecified atom stereocenters. The molecule has 0 amide bonds. The molecule has 1 aromatic rings. The van der Waals surface area contributed by atoms with Crippen LogP contribution < -0.4 is 0 Å². The van der Waals surface area contributed by atoms with E-state index in [0.29, 0.717) is 15.4 Å². The van der Waals surface area contributed by atoms with Crippen LogP contribution in [0.3, 0.4) is 0 Å². The summed E-state index contributed by atoms with van der Waals surface area (Å²) in [5.41, 5.74) is 0.955. The number of esters is 1. The van der Waals surface area contributed by atoms with Crippen LogP contribution in [0.25, 0.3) is 0 Å². The number of carbonyl (C=O) groups excluding carboxylic acids is 1. The van der Waals surface area contributed by atoms with E-state index in [-0.39, 0.29) is 12.2 Å². The zero-order chi connectivity index (χ0) is 11.4. The van der Waals surface area contributed by atoms with Crippen molar-refractivity contribution in [3.8, 4) is 0 Å². The van der Waals surface area contributed by atoms with Crippen LogP contribution in [0.4, 0.5) is 4.39 Å². The van der Waals surface area contributed by atoms with Gasteiger partial charge in [-0.2, -0.15) is 0 Å². The average Bonchev–Trinajstić information content (AvgIpc) is 2.21. The minimum Gasteiger partial charge on any atom is -0.462 e. The molecular formula is C10H9Br2FO2. The van der Waals surface area contributed by atoms with Crippen LogP contribution in [0.15, 0.2) is 16.6 Å². The zero-order valence-electron chi connectivity index (χ0n) is 8.02. The van der Waals surface area contributed by atoms with Gasteiger partial charge in [0.15, 0.2) is 0 Å². The summed E-state index contributed by atoms with van der Waals surface area (Å²) in [6.45, 7) is 1.99. The number of alkyl halides is 1. The van der Waals surface area contributed by atoms with Crippen molar-refractivity contribution >= 4 is 37.8 Å². The van der Waals surface area contributed by atoms with Gasteiger partial charge < -0.3 is 4.74 Å². The molecule has 0 aliphatic heterocycles. The summed E-state index contributed by atoms with van der Waals surface area (Å²) >= 11 is 6.30. The lowest BCUT2D eigenvalue weighted by atomic mass is 10.1. The van der Waals surface area contributed by atoms with Gasteiger partial charge in [-0.1, -0.05) is 15.9 Å². The van der Waals surface area contributed by atoms with E-state index in [4.69, 9.17) is 4.74 Å². The lowest BCUT2D eigenvalue weighted by Crippen LogP contribution is -2.08. The highest BCUT2D eigenvalue weighted by Crippen LogP contribution is 2.23. The first-order chi connectivity index (χ1) is 7.10. The maximum absolute atomic E-state index is 13.2. The monoisotopic (exact) mass is 338 g/mol. The fourth-order valence-corrected chi connectivity index (χ4v) is 1.95. The van der Waals surface area contributed by atoms with Crippen molar-refractivity contribution in [2.24, 2.45) is 0 Å². The zero-order valence-corrected chi connectivity index (χ0v) is 11.2. The fraction of sp³-hybridized carbons (Fsp3) is 0.300. The predicted octanol–water partition coefficient (Wildman–Crippen LogP) is 3.66. The van der Waals surface area contributed by atoms with Crippen LogP contribution in [0.1, 0.15) is 22.8 Å². The molecule has 0 aliphatic rings. The molecule has 82 valence electrons. The van der Waals surface area contributed by atoms with Gasteiger partial charge in [-0.15, -0.1) is 0 Å². The number of hydrogen-bond donors (Lipinski definition) is 0. The van der Waals surface area contributed by atoms with Crippen molar-refractivity contribution in [2.45, 2.75) is 12.3 Å². The van der Waals surface area contributed by atoms with Crippen LogP contribution in [0.5, 0.6) is 0 Å². The molecule has 0 saturated heterocycles. The first-order valence-electron chi connectivity index (χ1n) is 4.31. The van der Waals surface area contributed by atoms with Crippen LogP contribution in [-0.2, 0) is 10.1 Å². The number of halogens is 3. The number of benzene rings is 1. The number of ether oxygens (including phenoxy) is 1.